The molecule has 1 saturated heterocycles. The molecule has 152 valence electrons. The molecule has 1 aromatic rings. The van der Waals surface area contributed by atoms with Crippen LogP contribution in [0.5, 0.6) is 0 Å². The fourth-order valence-electron chi connectivity index (χ4n) is 3.48. The number of carbonyl (C=O) groups is 1. The van der Waals surface area contributed by atoms with E-state index in [1.807, 2.05) is 39.8 Å². The summed E-state index contributed by atoms with van der Waals surface area (Å²) in [6.45, 7) is 8.73. The number of sulfonamides is 1. The predicted molar refractivity (Wildman–Crippen MR) is 111 cm³/mol. The van der Waals surface area contributed by atoms with Gasteiger partial charge < -0.3 is 5.32 Å². The molecule has 1 aliphatic rings. The van der Waals surface area contributed by atoms with E-state index in [2.05, 4.69) is 10.0 Å². The molecule has 0 saturated carbocycles. The number of likely N-dealkylation sites (tertiary alicyclic amines) is 1. The molecule has 1 unspecified atom stereocenters. The van der Waals surface area contributed by atoms with Crippen molar-refractivity contribution in [2.45, 2.75) is 64.2 Å². The summed E-state index contributed by atoms with van der Waals surface area (Å²) in [5.41, 5.74) is 2.40. The Kier molecular flexibility index (Phi) is 7.16. The first kappa shape index (κ1) is 22.0. The number of rotatable bonds is 5. The molecule has 1 aromatic carbocycles. The van der Waals surface area contributed by atoms with Crippen LogP contribution in [0, 0.1) is 0 Å². The zero-order chi connectivity index (χ0) is 20.4. The number of urea groups is 1. The molecular weight excluding hydrogens is 386 g/mol. The minimum absolute atomic E-state index is 0.123. The van der Waals surface area contributed by atoms with E-state index < -0.39 is 21.4 Å². The van der Waals surface area contributed by atoms with Crippen LogP contribution < -0.4 is 10.0 Å². The van der Waals surface area contributed by atoms with Gasteiger partial charge in [0.15, 0.2) is 0 Å². The average Bonchev–Trinajstić information content (AvgIpc) is 2.55. The van der Waals surface area contributed by atoms with E-state index in [-0.39, 0.29) is 11.8 Å². The highest BCUT2D eigenvalue weighted by atomic mass is 35.5. The van der Waals surface area contributed by atoms with Crippen LogP contribution in [-0.2, 0) is 10.0 Å². The smallest absolute Gasteiger partial charge is 0.307 e. The van der Waals surface area contributed by atoms with Crippen molar-refractivity contribution in [2.75, 3.05) is 18.9 Å². The number of anilines is 1. The van der Waals surface area contributed by atoms with Crippen molar-refractivity contribution in [1.82, 2.24) is 9.62 Å². The van der Waals surface area contributed by atoms with Gasteiger partial charge in [0.05, 0.1) is 0 Å². The second-order valence-electron chi connectivity index (χ2n) is 7.80. The highest BCUT2D eigenvalue weighted by Gasteiger charge is 2.33. The maximum absolute atomic E-state index is 12.7. The first-order chi connectivity index (χ1) is 12.5. The maximum Gasteiger partial charge on any atom is 0.332 e. The van der Waals surface area contributed by atoms with Crippen molar-refractivity contribution >= 4 is 33.3 Å². The Bertz CT molecular complexity index is 764. The fraction of sp³-hybridized carbons (Fsp3) is 0.632. The summed E-state index contributed by atoms with van der Waals surface area (Å²) in [6.07, 6.45) is 2.33. The standard InChI is InChI=1S/C19H30ClN3O3S/c1-12(2)15-10-14(20)11-16(13(3)4)18(15)21-19(24)22-27(25,26)17-8-6-7-9-23(17)5/h10-13,17H,6-9H2,1-5H3,(H2,21,22,24). The van der Waals surface area contributed by atoms with Crippen LogP contribution >= 0.6 is 11.6 Å². The number of nitrogens with zero attached hydrogens (tertiary/aromatic N) is 1. The summed E-state index contributed by atoms with van der Waals surface area (Å²) in [6, 6.07) is 2.90. The van der Waals surface area contributed by atoms with Crippen molar-refractivity contribution in [2.24, 2.45) is 0 Å². The van der Waals surface area contributed by atoms with Gasteiger partial charge in [0.2, 0.25) is 0 Å². The molecule has 0 aliphatic carbocycles. The lowest BCUT2D eigenvalue weighted by molar-refractivity contribution is 0.237. The monoisotopic (exact) mass is 415 g/mol. The van der Waals surface area contributed by atoms with Gasteiger partial charge in [-0.1, -0.05) is 39.3 Å². The van der Waals surface area contributed by atoms with E-state index in [1.54, 1.807) is 11.9 Å². The van der Waals surface area contributed by atoms with Gasteiger partial charge in [-0.3, -0.25) is 4.90 Å². The van der Waals surface area contributed by atoms with E-state index >= 15 is 0 Å². The van der Waals surface area contributed by atoms with Crippen molar-refractivity contribution < 1.29 is 13.2 Å². The van der Waals surface area contributed by atoms with Crippen molar-refractivity contribution in [1.29, 1.82) is 0 Å². The Morgan fingerprint density at radius 2 is 1.70 bits per heavy atom. The zero-order valence-corrected chi connectivity index (χ0v) is 18.2. The molecule has 2 amide bonds. The molecule has 0 aromatic heterocycles. The minimum atomic E-state index is -3.79. The highest BCUT2D eigenvalue weighted by Crippen LogP contribution is 2.35. The van der Waals surface area contributed by atoms with E-state index in [1.165, 1.54) is 0 Å². The van der Waals surface area contributed by atoms with Gasteiger partial charge in [-0.25, -0.2) is 17.9 Å². The summed E-state index contributed by atoms with van der Waals surface area (Å²) in [4.78, 5) is 14.3. The third kappa shape index (κ3) is 5.36. The normalized spacial score (nSPS) is 18.7. The second-order valence-corrected chi connectivity index (χ2v) is 10.1. The summed E-state index contributed by atoms with van der Waals surface area (Å²) < 4.78 is 27.5. The van der Waals surface area contributed by atoms with Crippen LogP contribution in [0.25, 0.3) is 0 Å². The lowest BCUT2D eigenvalue weighted by Gasteiger charge is -2.31. The molecule has 0 spiro atoms. The van der Waals surface area contributed by atoms with Gasteiger partial charge in [-0.05, 0) is 68.0 Å². The van der Waals surface area contributed by atoms with Gasteiger partial charge in [-0.2, -0.15) is 0 Å². The zero-order valence-electron chi connectivity index (χ0n) is 16.7. The quantitative estimate of drug-likeness (QED) is 0.743. The second kappa shape index (κ2) is 8.80. The molecule has 1 atom stereocenters. The predicted octanol–water partition coefficient (Wildman–Crippen LogP) is 4.48. The molecular formula is C19H30ClN3O3S. The number of halogens is 1. The molecule has 1 aliphatic heterocycles. The Morgan fingerprint density at radius 3 is 2.19 bits per heavy atom. The van der Waals surface area contributed by atoms with E-state index in [4.69, 9.17) is 11.6 Å². The number of carbonyl (C=O) groups excluding carboxylic acids is 1. The molecule has 8 heteroatoms. The van der Waals surface area contributed by atoms with Crippen LogP contribution in [0.2, 0.25) is 5.02 Å². The van der Waals surface area contributed by atoms with E-state index in [0.717, 1.165) is 24.0 Å². The van der Waals surface area contributed by atoms with Crippen molar-refractivity contribution in [3.8, 4) is 0 Å². The Morgan fingerprint density at radius 1 is 1.15 bits per heavy atom. The number of benzene rings is 1. The highest BCUT2D eigenvalue weighted by molar-refractivity contribution is 7.90. The van der Waals surface area contributed by atoms with Crippen LogP contribution in [0.15, 0.2) is 12.1 Å². The number of amides is 2. The molecule has 1 heterocycles. The van der Waals surface area contributed by atoms with E-state index in [0.29, 0.717) is 23.7 Å². The molecule has 1 fully saturated rings. The topological polar surface area (TPSA) is 78.5 Å². The lowest BCUT2D eigenvalue weighted by atomic mass is 9.92. The largest absolute Gasteiger partial charge is 0.332 e. The molecule has 6 nitrogen and oxygen atoms in total. The Labute approximate surface area is 167 Å². The number of hydrogen-bond donors (Lipinski definition) is 2. The molecule has 0 radical (unpaired) electrons. The number of nitrogens with one attached hydrogen (secondary N) is 2. The molecule has 0 bridgehead atoms. The Balaban J connectivity index is 2.27. The van der Waals surface area contributed by atoms with Crippen LogP contribution in [0.3, 0.4) is 0 Å². The van der Waals surface area contributed by atoms with E-state index in [9.17, 15) is 13.2 Å². The van der Waals surface area contributed by atoms with Gasteiger partial charge in [0.25, 0.3) is 10.0 Å². The summed E-state index contributed by atoms with van der Waals surface area (Å²) in [7, 11) is -2.02. The van der Waals surface area contributed by atoms with Gasteiger partial charge in [0.1, 0.15) is 5.37 Å². The summed E-state index contributed by atoms with van der Waals surface area (Å²) in [5, 5.41) is 2.69. The number of hydrogen-bond acceptors (Lipinski definition) is 4. The summed E-state index contributed by atoms with van der Waals surface area (Å²) >= 11 is 6.24. The van der Waals surface area contributed by atoms with Gasteiger partial charge in [0, 0.05) is 10.7 Å². The third-order valence-electron chi connectivity index (χ3n) is 4.94. The summed E-state index contributed by atoms with van der Waals surface area (Å²) in [5.74, 6) is 0.246. The minimum Gasteiger partial charge on any atom is -0.307 e. The molecule has 2 rings (SSSR count). The lowest BCUT2D eigenvalue weighted by Crippen LogP contribution is -2.49. The molecule has 2 N–H and O–H groups in total. The SMILES string of the molecule is CC(C)c1cc(Cl)cc(C(C)C)c1NC(=O)NS(=O)(=O)C1CCCCN1C. The average molecular weight is 416 g/mol. The van der Waals surface area contributed by atoms with Crippen LogP contribution in [-0.4, -0.2) is 38.3 Å². The fourth-order valence-corrected chi connectivity index (χ4v) is 5.21. The van der Waals surface area contributed by atoms with Crippen molar-refractivity contribution in [3.05, 3.63) is 28.3 Å². The van der Waals surface area contributed by atoms with Crippen LogP contribution in [0.4, 0.5) is 10.5 Å². The first-order valence-electron chi connectivity index (χ1n) is 9.39. The third-order valence-corrected chi connectivity index (χ3v) is 6.94. The van der Waals surface area contributed by atoms with Crippen molar-refractivity contribution in [3.63, 3.8) is 0 Å². The van der Waals surface area contributed by atoms with Gasteiger partial charge in [-0.15, -0.1) is 0 Å². The number of piperidine rings is 1. The maximum atomic E-state index is 12.7. The van der Waals surface area contributed by atoms with Crippen LogP contribution in [0.1, 0.15) is 69.9 Å². The van der Waals surface area contributed by atoms with Gasteiger partial charge >= 0.3 is 6.03 Å². The Hall–Kier alpha value is -1.31. The molecule has 27 heavy (non-hydrogen) atoms. The first-order valence-corrected chi connectivity index (χ1v) is 11.3.